The fourth-order valence-electron chi connectivity index (χ4n) is 2.33. The number of halogens is 1. The largest absolute Gasteiger partial charge is 0.494 e. The van der Waals surface area contributed by atoms with Crippen LogP contribution in [0.5, 0.6) is 5.75 Å². The van der Waals surface area contributed by atoms with E-state index in [0.29, 0.717) is 16.8 Å². The molecule has 0 spiro atoms. The Hall–Kier alpha value is -2.06. The monoisotopic (exact) mass is 440 g/mol. The molecule has 0 aromatic heterocycles. The van der Waals surface area contributed by atoms with Gasteiger partial charge in [-0.3, -0.25) is 9.10 Å². The topological polar surface area (TPSA) is 75.7 Å². The zero-order valence-electron chi connectivity index (χ0n) is 14.6. The van der Waals surface area contributed by atoms with Crippen LogP contribution >= 0.6 is 15.9 Å². The Morgan fingerprint density at radius 1 is 1.19 bits per heavy atom. The Balaban J connectivity index is 2.06. The van der Waals surface area contributed by atoms with Gasteiger partial charge in [0, 0.05) is 11.0 Å². The third-order valence-corrected chi connectivity index (χ3v) is 5.30. The SMILES string of the molecule is CCOc1cccc(CNC(=O)CN(c2ccccc2Br)S(C)(=O)=O)c1. The van der Waals surface area contributed by atoms with Gasteiger partial charge in [0.2, 0.25) is 15.9 Å². The van der Waals surface area contributed by atoms with Gasteiger partial charge in [-0.2, -0.15) is 0 Å². The van der Waals surface area contributed by atoms with Gasteiger partial charge in [0.1, 0.15) is 12.3 Å². The minimum Gasteiger partial charge on any atom is -0.494 e. The minimum absolute atomic E-state index is 0.285. The van der Waals surface area contributed by atoms with Crippen LogP contribution in [0.2, 0.25) is 0 Å². The van der Waals surface area contributed by atoms with E-state index in [2.05, 4.69) is 21.2 Å². The normalized spacial score (nSPS) is 11.0. The Morgan fingerprint density at radius 2 is 1.92 bits per heavy atom. The van der Waals surface area contributed by atoms with Crippen molar-refractivity contribution in [3.63, 3.8) is 0 Å². The van der Waals surface area contributed by atoms with Crippen molar-refractivity contribution in [1.29, 1.82) is 0 Å². The molecule has 1 N–H and O–H groups in total. The highest BCUT2D eigenvalue weighted by Crippen LogP contribution is 2.27. The van der Waals surface area contributed by atoms with Gasteiger partial charge in [0.05, 0.1) is 18.6 Å². The van der Waals surface area contributed by atoms with Crippen LogP contribution in [0.25, 0.3) is 0 Å². The van der Waals surface area contributed by atoms with Gasteiger partial charge in [-0.05, 0) is 52.7 Å². The summed E-state index contributed by atoms with van der Waals surface area (Å²) in [4.78, 5) is 12.3. The van der Waals surface area contributed by atoms with Crippen molar-refractivity contribution in [3.05, 3.63) is 58.6 Å². The average molecular weight is 441 g/mol. The van der Waals surface area contributed by atoms with Gasteiger partial charge >= 0.3 is 0 Å². The molecular formula is C18H21BrN2O4S. The zero-order chi connectivity index (χ0) is 19.2. The third-order valence-electron chi connectivity index (χ3n) is 3.51. The molecule has 0 atom stereocenters. The molecule has 0 unspecified atom stereocenters. The van der Waals surface area contributed by atoms with E-state index in [1.165, 1.54) is 0 Å². The molecule has 0 bridgehead atoms. The fraction of sp³-hybridized carbons (Fsp3) is 0.278. The van der Waals surface area contributed by atoms with Crippen molar-refractivity contribution in [2.24, 2.45) is 0 Å². The zero-order valence-corrected chi connectivity index (χ0v) is 17.0. The molecule has 26 heavy (non-hydrogen) atoms. The molecule has 140 valence electrons. The standard InChI is InChI=1S/C18H21BrN2O4S/c1-3-25-15-8-6-7-14(11-15)12-20-18(22)13-21(26(2,23)24)17-10-5-4-9-16(17)19/h4-11H,3,12-13H2,1-2H3,(H,20,22). The number of nitrogens with one attached hydrogen (secondary N) is 1. The lowest BCUT2D eigenvalue weighted by atomic mass is 10.2. The number of ether oxygens (including phenoxy) is 1. The first-order valence-corrected chi connectivity index (χ1v) is 10.7. The molecule has 0 fully saturated rings. The van der Waals surface area contributed by atoms with E-state index in [9.17, 15) is 13.2 Å². The summed E-state index contributed by atoms with van der Waals surface area (Å²) < 4.78 is 31.3. The lowest BCUT2D eigenvalue weighted by molar-refractivity contribution is -0.119. The molecule has 0 aliphatic heterocycles. The van der Waals surface area contributed by atoms with Crippen LogP contribution < -0.4 is 14.4 Å². The average Bonchev–Trinajstić information content (AvgIpc) is 2.58. The molecule has 0 saturated heterocycles. The third kappa shape index (κ3) is 5.74. The second kappa shape index (κ2) is 9.05. The Morgan fingerprint density at radius 3 is 2.58 bits per heavy atom. The number of hydrogen-bond acceptors (Lipinski definition) is 4. The molecule has 0 aliphatic carbocycles. The molecule has 8 heteroatoms. The molecule has 0 aliphatic rings. The Kier molecular flexibility index (Phi) is 7.05. The Labute approximate surface area is 162 Å². The second-order valence-electron chi connectivity index (χ2n) is 5.58. The van der Waals surface area contributed by atoms with E-state index in [1.807, 2.05) is 31.2 Å². The number of nitrogens with zero attached hydrogens (tertiary/aromatic N) is 1. The van der Waals surface area contributed by atoms with E-state index < -0.39 is 15.9 Å². The van der Waals surface area contributed by atoms with Gasteiger partial charge < -0.3 is 10.1 Å². The first-order valence-electron chi connectivity index (χ1n) is 8.02. The quantitative estimate of drug-likeness (QED) is 0.684. The maximum Gasteiger partial charge on any atom is 0.241 e. The second-order valence-corrected chi connectivity index (χ2v) is 8.34. The summed E-state index contributed by atoms with van der Waals surface area (Å²) in [5.74, 6) is 0.332. The highest BCUT2D eigenvalue weighted by Gasteiger charge is 2.22. The van der Waals surface area contributed by atoms with Crippen molar-refractivity contribution in [1.82, 2.24) is 5.32 Å². The van der Waals surface area contributed by atoms with Crippen LogP contribution in [0.4, 0.5) is 5.69 Å². The van der Waals surface area contributed by atoms with E-state index in [1.54, 1.807) is 24.3 Å². The van der Waals surface area contributed by atoms with Crippen LogP contribution in [0.3, 0.4) is 0 Å². The molecule has 0 heterocycles. The van der Waals surface area contributed by atoms with E-state index in [-0.39, 0.29) is 13.1 Å². The lowest BCUT2D eigenvalue weighted by Crippen LogP contribution is -2.40. The highest BCUT2D eigenvalue weighted by molar-refractivity contribution is 9.10. The van der Waals surface area contributed by atoms with Gasteiger partial charge in [0.15, 0.2) is 0 Å². The summed E-state index contributed by atoms with van der Waals surface area (Å²) in [5, 5.41) is 2.74. The number of carbonyl (C=O) groups is 1. The number of amides is 1. The van der Waals surface area contributed by atoms with Gasteiger partial charge in [-0.25, -0.2) is 8.42 Å². The molecular weight excluding hydrogens is 420 g/mol. The number of rotatable bonds is 8. The smallest absolute Gasteiger partial charge is 0.241 e. The van der Waals surface area contributed by atoms with Gasteiger partial charge in [-0.1, -0.05) is 24.3 Å². The van der Waals surface area contributed by atoms with Crippen LogP contribution in [0.15, 0.2) is 53.0 Å². The number of carbonyl (C=O) groups excluding carboxylic acids is 1. The van der Waals surface area contributed by atoms with Crippen molar-refractivity contribution in [2.45, 2.75) is 13.5 Å². The van der Waals surface area contributed by atoms with Crippen molar-refractivity contribution in [2.75, 3.05) is 23.7 Å². The first-order chi connectivity index (χ1) is 12.3. The summed E-state index contributed by atoms with van der Waals surface area (Å²) >= 11 is 3.33. The highest BCUT2D eigenvalue weighted by atomic mass is 79.9. The van der Waals surface area contributed by atoms with Crippen LogP contribution in [0, 0.1) is 0 Å². The van der Waals surface area contributed by atoms with E-state index in [4.69, 9.17) is 4.74 Å². The predicted molar refractivity (Wildman–Crippen MR) is 106 cm³/mol. The number of sulfonamides is 1. The summed E-state index contributed by atoms with van der Waals surface area (Å²) in [6.07, 6.45) is 1.07. The molecule has 6 nitrogen and oxygen atoms in total. The summed E-state index contributed by atoms with van der Waals surface area (Å²) in [6.45, 7) is 2.45. The van der Waals surface area contributed by atoms with Crippen molar-refractivity contribution in [3.8, 4) is 5.75 Å². The molecule has 2 aromatic carbocycles. The number of hydrogen-bond donors (Lipinski definition) is 1. The van der Waals surface area contributed by atoms with Crippen molar-refractivity contribution >= 4 is 37.5 Å². The maximum atomic E-state index is 12.3. The predicted octanol–water partition coefficient (Wildman–Crippen LogP) is 2.93. The molecule has 2 aromatic rings. The summed E-state index contributed by atoms with van der Waals surface area (Å²) in [6, 6.07) is 14.3. The summed E-state index contributed by atoms with van der Waals surface area (Å²) in [7, 11) is -3.61. The van der Waals surface area contributed by atoms with Crippen LogP contribution in [-0.2, 0) is 21.4 Å². The fourth-order valence-corrected chi connectivity index (χ4v) is 3.82. The molecule has 0 radical (unpaired) electrons. The molecule has 0 saturated carbocycles. The Bertz CT molecular complexity index is 871. The van der Waals surface area contributed by atoms with Crippen LogP contribution in [-0.4, -0.2) is 33.7 Å². The lowest BCUT2D eigenvalue weighted by Gasteiger charge is -2.23. The number of para-hydroxylation sites is 1. The summed E-state index contributed by atoms with van der Waals surface area (Å²) in [5.41, 5.74) is 1.29. The maximum absolute atomic E-state index is 12.3. The van der Waals surface area contributed by atoms with Crippen molar-refractivity contribution < 1.29 is 17.9 Å². The minimum atomic E-state index is -3.61. The number of benzene rings is 2. The van der Waals surface area contributed by atoms with E-state index in [0.717, 1.165) is 21.9 Å². The first kappa shape index (κ1) is 20.3. The molecule has 1 amide bonds. The van der Waals surface area contributed by atoms with E-state index >= 15 is 0 Å². The molecule has 2 rings (SSSR count). The van der Waals surface area contributed by atoms with Gasteiger partial charge in [0.25, 0.3) is 0 Å². The number of anilines is 1. The van der Waals surface area contributed by atoms with Crippen LogP contribution in [0.1, 0.15) is 12.5 Å². The van der Waals surface area contributed by atoms with Gasteiger partial charge in [-0.15, -0.1) is 0 Å².